The van der Waals surface area contributed by atoms with E-state index in [9.17, 15) is 23.1 Å². The van der Waals surface area contributed by atoms with Crippen molar-refractivity contribution in [2.45, 2.75) is 25.8 Å². The SMILES string of the molecule is CCOC(=O)/C(C(=NC1CC1)SC)=C(/O)c1cc(F)c(F)c(OC)c1F. The van der Waals surface area contributed by atoms with Gasteiger partial charge in [0.15, 0.2) is 17.4 Å². The number of aliphatic hydroxyl groups excluding tert-OH is 1. The Hall–Kier alpha value is -2.16. The number of carbonyl (C=O) groups is 1. The van der Waals surface area contributed by atoms with E-state index >= 15 is 0 Å². The minimum atomic E-state index is -1.53. The maximum Gasteiger partial charge on any atom is 0.344 e. The quantitative estimate of drug-likeness (QED) is 0.200. The molecular formula is C17H18F3NO4S. The van der Waals surface area contributed by atoms with Crippen LogP contribution in [0.5, 0.6) is 5.75 Å². The summed E-state index contributed by atoms with van der Waals surface area (Å²) < 4.78 is 51.3. The van der Waals surface area contributed by atoms with E-state index < -0.39 is 46.1 Å². The molecule has 0 aliphatic heterocycles. The summed E-state index contributed by atoms with van der Waals surface area (Å²) in [5, 5.41) is 10.7. The minimum absolute atomic E-state index is 0.000913. The molecule has 0 spiro atoms. The Bertz CT molecular complexity index is 776. The van der Waals surface area contributed by atoms with Gasteiger partial charge in [-0.2, -0.15) is 4.39 Å². The molecule has 1 aliphatic carbocycles. The number of hydrogen-bond acceptors (Lipinski definition) is 6. The van der Waals surface area contributed by atoms with E-state index in [0.29, 0.717) is 6.07 Å². The highest BCUT2D eigenvalue weighted by Gasteiger charge is 2.30. The molecule has 0 unspecified atom stereocenters. The highest BCUT2D eigenvalue weighted by atomic mass is 32.2. The number of carbonyl (C=O) groups excluding carboxylic acids is 1. The normalized spacial score (nSPS) is 15.5. The fourth-order valence-corrected chi connectivity index (χ4v) is 2.78. The van der Waals surface area contributed by atoms with Gasteiger partial charge in [-0.05, 0) is 32.1 Å². The van der Waals surface area contributed by atoms with E-state index in [1.807, 2.05) is 0 Å². The number of esters is 1. The monoisotopic (exact) mass is 389 g/mol. The summed E-state index contributed by atoms with van der Waals surface area (Å²) in [5.74, 6) is -7.14. The number of hydrogen-bond donors (Lipinski definition) is 1. The molecule has 0 radical (unpaired) electrons. The van der Waals surface area contributed by atoms with Gasteiger partial charge in [-0.15, -0.1) is 11.8 Å². The Morgan fingerprint density at radius 1 is 1.35 bits per heavy atom. The molecule has 0 aromatic heterocycles. The zero-order chi connectivity index (χ0) is 19.4. The summed E-state index contributed by atoms with van der Waals surface area (Å²) >= 11 is 1.06. The topological polar surface area (TPSA) is 68.1 Å². The van der Waals surface area contributed by atoms with Crippen molar-refractivity contribution in [3.05, 3.63) is 34.7 Å². The van der Waals surface area contributed by atoms with E-state index in [0.717, 1.165) is 31.7 Å². The molecule has 142 valence electrons. The summed E-state index contributed by atoms with van der Waals surface area (Å²) in [6, 6.07) is 0.454. The molecule has 0 amide bonds. The van der Waals surface area contributed by atoms with Gasteiger partial charge in [0.05, 0.1) is 25.3 Å². The Kier molecular flexibility index (Phi) is 6.57. The first-order chi connectivity index (χ1) is 12.3. The number of aliphatic imine (C=N–C) groups is 1. The summed E-state index contributed by atoms with van der Waals surface area (Å²) in [6.07, 6.45) is 3.28. The zero-order valence-electron chi connectivity index (χ0n) is 14.4. The van der Waals surface area contributed by atoms with Gasteiger partial charge in [-0.1, -0.05) is 0 Å². The molecule has 1 aromatic rings. The molecule has 1 saturated carbocycles. The Balaban J connectivity index is 2.69. The Morgan fingerprint density at radius 3 is 2.50 bits per heavy atom. The van der Waals surface area contributed by atoms with Crippen LogP contribution in [0.3, 0.4) is 0 Å². The number of rotatable bonds is 6. The van der Waals surface area contributed by atoms with Gasteiger partial charge >= 0.3 is 5.97 Å². The Labute approximate surface area is 152 Å². The number of nitrogens with zero attached hydrogens (tertiary/aromatic N) is 1. The number of halogens is 3. The fraction of sp³-hybridized carbons (Fsp3) is 0.412. The number of thioether (sulfide) groups is 1. The van der Waals surface area contributed by atoms with Crippen molar-refractivity contribution < 1.29 is 32.5 Å². The molecule has 26 heavy (non-hydrogen) atoms. The molecule has 2 rings (SSSR count). The van der Waals surface area contributed by atoms with E-state index in [4.69, 9.17) is 4.74 Å². The van der Waals surface area contributed by atoms with Crippen LogP contribution < -0.4 is 4.74 Å². The Morgan fingerprint density at radius 2 is 2.00 bits per heavy atom. The summed E-state index contributed by atoms with van der Waals surface area (Å²) in [6.45, 7) is 1.56. The highest BCUT2D eigenvalue weighted by molar-refractivity contribution is 8.14. The van der Waals surface area contributed by atoms with E-state index in [1.54, 1.807) is 13.2 Å². The molecule has 0 heterocycles. The third-order valence-corrected chi connectivity index (χ3v) is 4.24. The van der Waals surface area contributed by atoms with Crippen LogP contribution in [0, 0.1) is 17.5 Å². The molecule has 1 fully saturated rings. The number of methoxy groups -OCH3 is 1. The molecular weight excluding hydrogens is 371 g/mol. The molecule has 5 nitrogen and oxygen atoms in total. The van der Waals surface area contributed by atoms with Gasteiger partial charge in [0.25, 0.3) is 0 Å². The lowest BCUT2D eigenvalue weighted by atomic mass is 10.1. The standard InChI is InChI=1S/C17H18F3NO4S/c1-4-25-17(23)11(16(26-3)21-8-5-6-8)14(22)9-7-10(18)13(20)15(24-2)12(9)19/h7-8,22H,4-6H2,1-3H3/b14-11+,21-16?. The molecule has 0 saturated heterocycles. The molecule has 0 bridgehead atoms. The highest BCUT2D eigenvalue weighted by Crippen LogP contribution is 2.33. The van der Waals surface area contributed by atoms with Gasteiger partial charge in [0.1, 0.15) is 16.4 Å². The lowest BCUT2D eigenvalue weighted by Crippen LogP contribution is -2.17. The van der Waals surface area contributed by atoms with E-state index in [2.05, 4.69) is 9.73 Å². The van der Waals surface area contributed by atoms with Crippen molar-refractivity contribution >= 4 is 28.5 Å². The molecule has 1 aliphatic rings. The summed E-state index contributed by atoms with van der Waals surface area (Å²) in [7, 11) is 0.958. The maximum atomic E-state index is 14.5. The number of ether oxygens (including phenoxy) is 2. The first-order valence-corrected chi connectivity index (χ1v) is 9.02. The van der Waals surface area contributed by atoms with Crippen LogP contribution in [0.4, 0.5) is 13.2 Å². The van der Waals surface area contributed by atoms with Gasteiger partial charge in [-0.25, -0.2) is 13.6 Å². The first kappa shape index (κ1) is 20.2. The van der Waals surface area contributed by atoms with Crippen molar-refractivity contribution in [2.75, 3.05) is 20.0 Å². The molecule has 1 aromatic carbocycles. The second-order valence-corrected chi connectivity index (χ2v) is 6.18. The number of benzene rings is 1. The van der Waals surface area contributed by atoms with Crippen LogP contribution in [0.1, 0.15) is 25.3 Å². The average molecular weight is 389 g/mol. The van der Waals surface area contributed by atoms with E-state index in [-0.39, 0.29) is 17.7 Å². The zero-order valence-corrected chi connectivity index (χ0v) is 15.3. The van der Waals surface area contributed by atoms with Crippen LogP contribution in [0.25, 0.3) is 5.76 Å². The van der Waals surface area contributed by atoms with Crippen LogP contribution in [0.2, 0.25) is 0 Å². The fourth-order valence-electron chi connectivity index (χ4n) is 2.14. The lowest BCUT2D eigenvalue weighted by molar-refractivity contribution is -0.137. The van der Waals surface area contributed by atoms with Crippen molar-refractivity contribution in [3.63, 3.8) is 0 Å². The lowest BCUT2D eigenvalue weighted by Gasteiger charge is -2.14. The smallest absolute Gasteiger partial charge is 0.344 e. The minimum Gasteiger partial charge on any atom is -0.506 e. The van der Waals surface area contributed by atoms with Gasteiger partial charge < -0.3 is 14.6 Å². The van der Waals surface area contributed by atoms with Gasteiger partial charge in [0, 0.05) is 0 Å². The summed E-state index contributed by atoms with van der Waals surface area (Å²) in [5.41, 5.74) is -1.13. The third-order valence-electron chi connectivity index (χ3n) is 3.55. The number of aliphatic hydroxyl groups is 1. The predicted molar refractivity (Wildman–Crippen MR) is 93.0 cm³/mol. The van der Waals surface area contributed by atoms with Crippen LogP contribution in [-0.2, 0) is 9.53 Å². The van der Waals surface area contributed by atoms with Crippen molar-refractivity contribution in [1.82, 2.24) is 0 Å². The molecule has 0 atom stereocenters. The first-order valence-electron chi connectivity index (χ1n) is 7.79. The van der Waals surface area contributed by atoms with Gasteiger partial charge in [-0.3, -0.25) is 4.99 Å². The van der Waals surface area contributed by atoms with Crippen LogP contribution in [0.15, 0.2) is 16.6 Å². The second kappa shape index (κ2) is 8.48. The van der Waals surface area contributed by atoms with Crippen molar-refractivity contribution in [3.8, 4) is 5.75 Å². The van der Waals surface area contributed by atoms with Crippen LogP contribution in [-0.4, -0.2) is 42.1 Å². The second-order valence-electron chi connectivity index (χ2n) is 5.38. The van der Waals surface area contributed by atoms with E-state index in [1.165, 1.54) is 0 Å². The molecule has 9 heteroatoms. The largest absolute Gasteiger partial charge is 0.506 e. The maximum absolute atomic E-state index is 14.5. The molecule has 1 N–H and O–H groups in total. The average Bonchev–Trinajstić information content (AvgIpc) is 3.42. The summed E-state index contributed by atoms with van der Waals surface area (Å²) in [4.78, 5) is 16.6. The van der Waals surface area contributed by atoms with Crippen LogP contribution >= 0.6 is 11.8 Å². The van der Waals surface area contributed by atoms with Gasteiger partial charge in [0.2, 0.25) is 5.82 Å². The van der Waals surface area contributed by atoms with Crippen molar-refractivity contribution in [1.29, 1.82) is 0 Å². The third kappa shape index (κ3) is 4.14. The predicted octanol–water partition coefficient (Wildman–Crippen LogP) is 3.87. The van der Waals surface area contributed by atoms with Crippen molar-refractivity contribution in [2.24, 2.45) is 4.99 Å².